The van der Waals surface area contributed by atoms with E-state index in [2.05, 4.69) is 36.6 Å². The molecule has 2 aromatic heterocycles. The number of aromatic amines is 1. The molecule has 0 atom stereocenters. The van der Waals surface area contributed by atoms with Gasteiger partial charge in [0, 0.05) is 11.5 Å². The number of fused-ring (bicyclic) bond motifs is 1. The van der Waals surface area contributed by atoms with Gasteiger partial charge in [-0.2, -0.15) is 5.10 Å². The zero-order valence-electron chi connectivity index (χ0n) is 10.6. The van der Waals surface area contributed by atoms with Crippen molar-refractivity contribution in [2.24, 2.45) is 7.05 Å². The number of imidazole rings is 1. The summed E-state index contributed by atoms with van der Waals surface area (Å²) >= 11 is 8.99. The largest absolute Gasteiger partial charge is 0.328 e. The van der Waals surface area contributed by atoms with Gasteiger partial charge in [-0.25, -0.2) is 0 Å². The molecule has 6 heteroatoms. The average molecular weight is 337 g/mol. The molecule has 0 fully saturated rings. The maximum absolute atomic E-state index is 5.42. The van der Waals surface area contributed by atoms with Gasteiger partial charge >= 0.3 is 0 Å². The first-order valence-corrected chi connectivity index (χ1v) is 7.13. The molecule has 0 amide bonds. The van der Waals surface area contributed by atoms with E-state index in [1.54, 1.807) is 0 Å². The molecule has 3 rings (SSSR count). The van der Waals surface area contributed by atoms with Crippen LogP contribution in [0.1, 0.15) is 11.3 Å². The van der Waals surface area contributed by atoms with Crippen LogP contribution in [0.3, 0.4) is 0 Å². The number of hydrogen-bond acceptors (Lipinski definition) is 2. The lowest BCUT2D eigenvalue weighted by Crippen LogP contribution is -2.04. The second-order valence-corrected chi connectivity index (χ2v) is 5.76. The summed E-state index contributed by atoms with van der Waals surface area (Å²) in [6.45, 7) is 2.70. The molecule has 0 radical (unpaired) electrons. The first-order valence-electron chi connectivity index (χ1n) is 5.93. The summed E-state index contributed by atoms with van der Waals surface area (Å²) in [4.78, 5) is 3.24. The number of rotatable bonds is 2. The van der Waals surface area contributed by atoms with Crippen molar-refractivity contribution in [2.75, 3.05) is 0 Å². The Balaban J connectivity index is 2.18. The normalized spacial score (nSPS) is 11.3. The fourth-order valence-corrected chi connectivity index (χ4v) is 2.98. The fourth-order valence-electron chi connectivity index (χ4n) is 2.32. The van der Waals surface area contributed by atoms with Crippen LogP contribution in [0, 0.1) is 11.7 Å². The predicted octanol–water partition coefficient (Wildman–Crippen LogP) is 3.55. The van der Waals surface area contributed by atoms with Crippen LogP contribution in [0.25, 0.3) is 11.2 Å². The van der Waals surface area contributed by atoms with Gasteiger partial charge < -0.3 is 4.98 Å². The van der Waals surface area contributed by atoms with E-state index >= 15 is 0 Å². The molecule has 2 heterocycles. The summed E-state index contributed by atoms with van der Waals surface area (Å²) < 4.78 is 5.76. The van der Waals surface area contributed by atoms with Crippen molar-refractivity contribution in [3.05, 3.63) is 44.8 Å². The number of H-pyrrole nitrogens is 1. The van der Waals surface area contributed by atoms with Crippen molar-refractivity contribution in [1.82, 2.24) is 19.3 Å². The molecule has 0 unspecified atom stereocenters. The van der Waals surface area contributed by atoms with E-state index in [0.717, 1.165) is 32.6 Å². The number of hydrogen-bond donors (Lipinski definition) is 1. The minimum absolute atomic E-state index is 0.721. The standard InChI is InChI=1S/C13H13BrN4S/c1-8-11-12(17(2)16-8)18(13(19)15-11)7-9-5-3-4-6-10(9)14/h3-6H,7H2,1-2H3,(H,15,19). The molecule has 0 aliphatic carbocycles. The van der Waals surface area contributed by atoms with Crippen molar-refractivity contribution >= 4 is 39.3 Å². The Bertz CT molecular complexity index is 812. The van der Waals surface area contributed by atoms with E-state index in [1.165, 1.54) is 5.56 Å². The molecule has 4 nitrogen and oxygen atoms in total. The van der Waals surface area contributed by atoms with Gasteiger partial charge in [-0.1, -0.05) is 34.1 Å². The molecule has 1 N–H and O–H groups in total. The maximum atomic E-state index is 5.42. The van der Waals surface area contributed by atoms with Crippen LogP contribution < -0.4 is 0 Å². The number of aromatic nitrogens is 4. The number of aryl methyl sites for hydroxylation is 2. The first-order chi connectivity index (χ1) is 9.08. The zero-order valence-corrected chi connectivity index (χ0v) is 13.0. The van der Waals surface area contributed by atoms with Gasteiger partial charge in [-0.3, -0.25) is 9.25 Å². The molecular weight excluding hydrogens is 324 g/mol. The Kier molecular flexibility index (Phi) is 3.06. The van der Waals surface area contributed by atoms with Crippen LogP contribution in [0.15, 0.2) is 28.7 Å². The summed E-state index contributed by atoms with van der Waals surface area (Å²) in [5.74, 6) is 0. The van der Waals surface area contributed by atoms with E-state index in [0.29, 0.717) is 0 Å². The molecule has 0 spiro atoms. The molecule has 98 valence electrons. The van der Waals surface area contributed by atoms with Gasteiger partial charge in [0.05, 0.1) is 12.2 Å². The van der Waals surface area contributed by atoms with E-state index in [9.17, 15) is 0 Å². The van der Waals surface area contributed by atoms with Crippen LogP contribution in [-0.4, -0.2) is 19.3 Å². The van der Waals surface area contributed by atoms with Crippen LogP contribution in [0.4, 0.5) is 0 Å². The summed E-state index contributed by atoms with van der Waals surface area (Å²) in [6, 6.07) is 8.17. The third kappa shape index (κ3) is 2.04. The van der Waals surface area contributed by atoms with Gasteiger partial charge in [-0.15, -0.1) is 0 Å². The Morgan fingerprint density at radius 3 is 2.84 bits per heavy atom. The van der Waals surface area contributed by atoms with Crippen molar-refractivity contribution in [2.45, 2.75) is 13.5 Å². The summed E-state index contributed by atoms with van der Waals surface area (Å²) in [7, 11) is 1.94. The number of halogens is 1. The van der Waals surface area contributed by atoms with Gasteiger partial charge in [-0.05, 0) is 30.8 Å². The van der Waals surface area contributed by atoms with Crippen molar-refractivity contribution in [3.63, 3.8) is 0 Å². The SMILES string of the molecule is Cc1nn(C)c2c1[nH]c(=S)n2Cc1ccccc1Br. The van der Waals surface area contributed by atoms with E-state index in [1.807, 2.05) is 36.9 Å². The van der Waals surface area contributed by atoms with Crippen LogP contribution in [-0.2, 0) is 13.6 Å². The molecule has 0 saturated carbocycles. The molecule has 0 saturated heterocycles. The molecule has 0 aliphatic heterocycles. The molecule has 19 heavy (non-hydrogen) atoms. The predicted molar refractivity (Wildman–Crippen MR) is 81.9 cm³/mol. The molecule has 0 bridgehead atoms. The topological polar surface area (TPSA) is 38.5 Å². The highest BCUT2D eigenvalue weighted by Crippen LogP contribution is 2.21. The van der Waals surface area contributed by atoms with E-state index in [-0.39, 0.29) is 0 Å². The average Bonchev–Trinajstić information content (AvgIpc) is 2.82. The summed E-state index contributed by atoms with van der Waals surface area (Å²) in [6.07, 6.45) is 0. The lowest BCUT2D eigenvalue weighted by Gasteiger charge is -2.07. The lowest BCUT2D eigenvalue weighted by molar-refractivity contribution is 0.714. The molecule has 1 aromatic carbocycles. The lowest BCUT2D eigenvalue weighted by atomic mass is 10.2. The summed E-state index contributed by atoms with van der Waals surface area (Å²) in [5, 5.41) is 4.42. The smallest absolute Gasteiger partial charge is 0.179 e. The number of benzene rings is 1. The molecule has 3 aromatic rings. The van der Waals surface area contributed by atoms with Crippen LogP contribution >= 0.6 is 28.1 Å². The van der Waals surface area contributed by atoms with Crippen molar-refractivity contribution in [1.29, 1.82) is 0 Å². The van der Waals surface area contributed by atoms with Crippen LogP contribution in [0.5, 0.6) is 0 Å². The highest BCUT2D eigenvalue weighted by molar-refractivity contribution is 9.10. The minimum atomic E-state index is 0.721. The third-order valence-corrected chi connectivity index (χ3v) is 4.31. The maximum Gasteiger partial charge on any atom is 0.179 e. The van der Waals surface area contributed by atoms with Gasteiger partial charge in [0.2, 0.25) is 0 Å². The Labute approximate surface area is 124 Å². The quantitative estimate of drug-likeness (QED) is 0.727. The minimum Gasteiger partial charge on any atom is -0.328 e. The second-order valence-electron chi connectivity index (χ2n) is 4.52. The second kappa shape index (κ2) is 4.61. The van der Waals surface area contributed by atoms with Crippen molar-refractivity contribution in [3.8, 4) is 0 Å². The molecular formula is C13H13BrN4S. The van der Waals surface area contributed by atoms with Gasteiger partial charge in [0.1, 0.15) is 5.52 Å². The Hall–Kier alpha value is -1.40. The van der Waals surface area contributed by atoms with Gasteiger partial charge in [0.25, 0.3) is 0 Å². The fraction of sp³-hybridized carbons (Fsp3) is 0.231. The van der Waals surface area contributed by atoms with Crippen molar-refractivity contribution < 1.29 is 0 Å². The highest BCUT2D eigenvalue weighted by Gasteiger charge is 2.13. The molecule has 0 aliphatic rings. The monoisotopic (exact) mass is 336 g/mol. The highest BCUT2D eigenvalue weighted by atomic mass is 79.9. The first kappa shape index (κ1) is 12.6. The summed E-state index contributed by atoms with van der Waals surface area (Å²) in [5.41, 5.74) is 4.20. The number of nitrogens with zero attached hydrogens (tertiary/aromatic N) is 3. The number of nitrogens with one attached hydrogen (secondary N) is 1. The van der Waals surface area contributed by atoms with Crippen LogP contribution in [0.2, 0.25) is 0 Å². The zero-order chi connectivity index (χ0) is 13.6. The van der Waals surface area contributed by atoms with E-state index < -0.39 is 0 Å². The Morgan fingerprint density at radius 2 is 2.11 bits per heavy atom. The Morgan fingerprint density at radius 1 is 1.37 bits per heavy atom. The van der Waals surface area contributed by atoms with E-state index in [4.69, 9.17) is 12.2 Å². The third-order valence-electron chi connectivity index (χ3n) is 3.21. The van der Waals surface area contributed by atoms with Gasteiger partial charge in [0.15, 0.2) is 10.4 Å².